The Balaban J connectivity index is 2.29. The van der Waals surface area contributed by atoms with Crippen LogP contribution in [-0.2, 0) is 11.2 Å². The summed E-state index contributed by atoms with van der Waals surface area (Å²) >= 11 is 0. The molecule has 2 N–H and O–H groups in total. The number of hydrogen-bond acceptors (Lipinski definition) is 3. The van der Waals surface area contributed by atoms with E-state index in [4.69, 9.17) is 14.9 Å². The Labute approximate surface area is 133 Å². The van der Waals surface area contributed by atoms with Crippen LogP contribution in [0.3, 0.4) is 0 Å². The maximum Gasteiger partial charge on any atom is 0.266 e. The number of aliphatic hydroxyl groups excluding tert-OH is 1. The van der Waals surface area contributed by atoms with Gasteiger partial charge in [0.05, 0.1) is 6.10 Å². The van der Waals surface area contributed by atoms with Gasteiger partial charge in [-0.1, -0.05) is 64.0 Å². The summed E-state index contributed by atoms with van der Waals surface area (Å²) in [5, 5.41) is 18.0. The van der Waals surface area contributed by atoms with Crippen LogP contribution in [0.15, 0.2) is 24.3 Å². The monoisotopic (exact) mass is 312 g/mol. The van der Waals surface area contributed by atoms with E-state index in [2.05, 4.69) is 6.92 Å². The summed E-state index contributed by atoms with van der Waals surface area (Å²) in [5.41, 5.74) is 0.940. The molecule has 4 heteroatoms. The van der Waals surface area contributed by atoms with Gasteiger partial charge in [0.15, 0.2) is 0 Å². The summed E-state index contributed by atoms with van der Waals surface area (Å²) < 4.78 is 18.0. The maximum atomic E-state index is 12.9. The van der Waals surface area contributed by atoms with E-state index in [-0.39, 0.29) is 11.9 Å². The van der Waals surface area contributed by atoms with E-state index < -0.39 is 6.48 Å². The van der Waals surface area contributed by atoms with Crippen LogP contribution in [0.5, 0.6) is 0 Å². The number of hydrogen-bond donors (Lipinski definition) is 2. The van der Waals surface area contributed by atoms with Crippen molar-refractivity contribution in [3.8, 4) is 0 Å². The van der Waals surface area contributed by atoms with E-state index >= 15 is 0 Å². The van der Waals surface area contributed by atoms with Crippen LogP contribution in [0.1, 0.15) is 63.9 Å². The fourth-order valence-electron chi connectivity index (χ4n) is 2.60. The van der Waals surface area contributed by atoms with Crippen molar-refractivity contribution in [1.29, 1.82) is 0 Å². The van der Waals surface area contributed by atoms with E-state index in [1.165, 1.54) is 44.2 Å². The lowest BCUT2D eigenvalue weighted by Gasteiger charge is -2.19. The average Bonchev–Trinajstić information content (AvgIpc) is 2.48. The average molecular weight is 312 g/mol. The van der Waals surface area contributed by atoms with E-state index in [0.29, 0.717) is 6.42 Å². The minimum absolute atomic E-state index is 0.249. The molecule has 3 nitrogen and oxygen atoms in total. The van der Waals surface area contributed by atoms with Crippen molar-refractivity contribution < 1.29 is 19.3 Å². The molecule has 1 unspecified atom stereocenters. The molecule has 0 amide bonds. The Hall–Kier alpha value is -0.970. The molecule has 0 spiro atoms. The Morgan fingerprint density at radius 1 is 0.955 bits per heavy atom. The fraction of sp³-hybridized carbons (Fsp3) is 0.667. The third kappa shape index (κ3) is 9.13. The van der Waals surface area contributed by atoms with Gasteiger partial charge in [-0.2, -0.15) is 0 Å². The van der Waals surface area contributed by atoms with Gasteiger partial charge in [0, 0.05) is 0 Å². The van der Waals surface area contributed by atoms with E-state index in [0.717, 1.165) is 24.8 Å². The summed E-state index contributed by atoms with van der Waals surface area (Å²) in [6.07, 6.45) is 9.55. The number of ether oxygens (including phenoxy) is 1. The van der Waals surface area contributed by atoms with Crippen LogP contribution < -0.4 is 0 Å². The lowest BCUT2D eigenvalue weighted by molar-refractivity contribution is -0.256. The van der Waals surface area contributed by atoms with Crippen molar-refractivity contribution in [3.05, 3.63) is 35.6 Å². The van der Waals surface area contributed by atoms with Gasteiger partial charge in [0.25, 0.3) is 6.48 Å². The number of halogens is 1. The van der Waals surface area contributed by atoms with Gasteiger partial charge in [0.1, 0.15) is 5.82 Å². The van der Waals surface area contributed by atoms with Crippen molar-refractivity contribution in [2.75, 3.05) is 0 Å². The largest absolute Gasteiger partial charge is 0.346 e. The Morgan fingerprint density at radius 2 is 1.55 bits per heavy atom. The predicted octanol–water partition coefficient (Wildman–Crippen LogP) is 4.16. The van der Waals surface area contributed by atoms with Crippen LogP contribution in [-0.4, -0.2) is 22.8 Å². The van der Waals surface area contributed by atoms with E-state index in [1.54, 1.807) is 12.1 Å². The fourth-order valence-corrected chi connectivity index (χ4v) is 2.60. The second-order valence-corrected chi connectivity index (χ2v) is 5.82. The van der Waals surface area contributed by atoms with Crippen LogP contribution >= 0.6 is 0 Å². The first-order chi connectivity index (χ1) is 10.6. The summed E-state index contributed by atoms with van der Waals surface area (Å²) in [5.74, 6) is -0.268. The highest BCUT2D eigenvalue weighted by Crippen LogP contribution is 2.16. The molecule has 1 rings (SSSR count). The van der Waals surface area contributed by atoms with Gasteiger partial charge in [-0.25, -0.2) is 4.39 Å². The molecule has 0 fully saturated rings. The highest BCUT2D eigenvalue weighted by Gasteiger charge is 2.13. The number of aliphatic hydroxyl groups is 2. The molecule has 0 saturated heterocycles. The molecule has 0 bridgehead atoms. The lowest BCUT2D eigenvalue weighted by atomic mass is 10.0. The molecule has 22 heavy (non-hydrogen) atoms. The number of rotatable bonds is 12. The highest BCUT2D eigenvalue weighted by atomic mass is 19.1. The Kier molecular flexibility index (Phi) is 10.0. The Morgan fingerprint density at radius 3 is 2.14 bits per heavy atom. The molecule has 0 radical (unpaired) electrons. The van der Waals surface area contributed by atoms with Gasteiger partial charge < -0.3 is 14.9 Å². The summed E-state index contributed by atoms with van der Waals surface area (Å²) in [7, 11) is 0. The van der Waals surface area contributed by atoms with Gasteiger partial charge >= 0.3 is 0 Å². The van der Waals surface area contributed by atoms with Crippen molar-refractivity contribution in [1.82, 2.24) is 0 Å². The maximum absolute atomic E-state index is 12.9. The van der Waals surface area contributed by atoms with Gasteiger partial charge in [0.2, 0.25) is 0 Å². The molecule has 1 aromatic carbocycles. The zero-order valence-corrected chi connectivity index (χ0v) is 13.5. The quantitative estimate of drug-likeness (QED) is 0.450. The van der Waals surface area contributed by atoms with Gasteiger partial charge in [-0.15, -0.1) is 0 Å². The third-order valence-corrected chi connectivity index (χ3v) is 3.82. The molecule has 1 aromatic rings. The third-order valence-electron chi connectivity index (χ3n) is 3.82. The van der Waals surface area contributed by atoms with Crippen LogP contribution in [0.4, 0.5) is 4.39 Å². The summed E-state index contributed by atoms with van der Waals surface area (Å²) in [4.78, 5) is 0. The molecular formula is C18H29FO3. The van der Waals surface area contributed by atoms with Gasteiger partial charge in [-0.3, -0.25) is 0 Å². The second-order valence-electron chi connectivity index (χ2n) is 5.82. The molecule has 1 atom stereocenters. The molecule has 126 valence electrons. The molecule has 0 aliphatic rings. The molecule has 0 saturated carbocycles. The minimum atomic E-state index is -1.75. The van der Waals surface area contributed by atoms with Crippen LogP contribution in [0.2, 0.25) is 0 Å². The first-order valence-electron chi connectivity index (χ1n) is 8.38. The minimum Gasteiger partial charge on any atom is -0.346 e. The number of benzene rings is 1. The van der Waals surface area contributed by atoms with E-state index in [9.17, 15) is 4.39 Å². The normalized spacial score (nSPS) is 12.8. The summed E-state index contributed by atoms with van der Waals surface area (Å²) in [6, 6.07) is 6.24. The van der Waals surface area contributed by atoms with Crippen molar-refractivity contribution in [2.45, 2.75) is 77.3 Å². The van der Waals surface area contributed by atoms with Crippen molar-refractivity contribution in [2.24, 2.45) is 0 Å². The highest BCUT2D eigenvalue weighted by molar-refractivity contribution is 5.16. The van der Waals surface area contributed by atoms with Gasteiger partial charge in [-0.05, 0) is 30.5 Å². The standard InChI is InChI=1S/C18H29FO3/c1-2-3-4-5-6-7-8-9-17(22-18(20)21)14-15-10-12-16(19)13-11-15/h10-13,17-18,20-21H,2-9,14H2,1H3. The zero-order chi connectivity index (χ0) is 16.2. The molecule has 0 aliphatic carbocycles. The predicted molar refractivity (Wildman–Crippen MR) is 85.8 cm³/mol. The SMILES string of the molecule is CCCCCCCCCC(Cc1ccc(F)cc1)OC(O)O. The lowest BCUT2D eigenvalue weighted by Crippen LogP contribution is -2.23. The topological polar surface area (TPSA) is 49.7 Å². The smallest absolute Gasteiger partial charge is 0.266 e. The number of unbranched alkanes of at least 4 members (excludes halogenated alkanes) is 6. The van der Waals surface area contributed by atoms with Crippen LogP contribution in [0.25, 0.3) is 0 Å². The first kappa shape index (κ1) is 19.1. The Bertz CT molecular complexity index is 378. The van der Waals surface area contributed by atoms with Crippen LogP contribution in [0, 0.1) is 5.82 Å². The summed E-state index contributed by atoms with van der Waals surface area (Å²) in [6.45, 7) is 0.451. The molecule has 0 heterocycles. The first-order valence-corrected chi connectivity index (χ1v) is 8.38. The second kappa shape index (κ2) is 11.6. The zero-order valence-electron chi connectivity index (χ0n) is 13.5. The molecule has 0 aromatic heterocycles. The van der Waals surface area contributed by atoms with Crippen molar-refractivity contribution in [3.63, 3.8) is 0 Å². The van der Waals surface area contributed by atoms with E-state index in [1.807, 2.05) is 0 Å². The molecular weight excluding hydrogens is 283 g/mol. The molecule has 0 aliphatic heterocycles. The van der Waals surface area contributed by atoms with Crippen molar-refractivity contribution >= 4 is 0 Å².